The largest absolute Gasteiger partial charge is 0.282 e. The molecule has 0 spiro atoms. The number of carbonyl (C=O) groups excluding carboxylic acids is 2. The second kappa shape index (κ2) is 12.4. The topological polar surface area (TPSA) is 34.1 Å². The van der Waals surface area contributed by atoms with Crippen molar-refractivity contribution in [2.45, 2.75) is 6.92 Å². The fourth-order valence-corrected chi connectivity index (χ4v) is 2.31. The highest BCUT2D eigenvalue weighted by Gasteiger charge is 1.94. The van der Waals surface area contributed by atoms with Gasteiger partial charge in [-0.25, -0.2) is 0 Å². The van der Waals surface area contributed by atoms with Crippen LogP contribution < -0.4 is 0 Å². The van der Waals surface area contributed by atoms with Crippen molar-refractivity contribution in [1.29, 1.82) is 0 Å². The van der Waals surface area contributed by atoms with Crippen LogP contribution in [0.4, 0.5) is 0 Å². The third-order valence-corrected chi connectivity index (χ3v) is 3.77. The summed E-state index contributed by atoms with van der Waals surface area (Å²) in [5, 5.41) is 0.441. The molecule has 3 rings (SSSR count). The third-order valence-electron chi connectivity index (χ3n) is 3.02. The van der Waals surface area contributed by atoms with Gasteiger partial charge < -0.3 is 0 Å². The lowest BCUT2D eigenvalue weighted by Gasteiger charge is -1.88. The van der Waals surface area contributed by atoms with Gasteiger partial charge in [-0.05, 0) is 24.6 Å². The molecule has 2 nitrogen and oxygen atoms in total. The first-order valence-corrected chi connectivity index (χ1v) is 8.96. The summed E-state index contributed by atoms with van der Waals surface area (Å²) in [6, 6.07) is 25.6. The second-order valence-electron chi connectivity index (χ2n) is 5.14. The average molecular weight is 403 g/mol. The van der Waals surface area contributed by atoms with E-state index < -0.39 is 0 Å². The summed E-state index contributed by atoms with van der Waals surface area (Å²) in [7, 11) is 0. The minimum atomic E-state index is -0.185. The van der Waals surface area contributed by atoms with Crippen molar-refractivity contribution >= 4 is 47.1 Å². The standard InChI is InChI=1S/C7H7Cl.2C7H6OS/c1-6-3-2-4-7(8)5-6;2*8-7(9)6-4-2-1-3-5-6/h2-5H,1H3;2*1-5H,(H,8,9). The zero-order valence-corrected chi connectivity index (χ0v) is 16.7. The van der Waals surface area contributed by atoms with Crippen LogP contribution in [0.3, 0.4) is 0 Å². The Labute approximate surface area is 170 Å². The maximum absolute atomic E-state index is 10.5. The molecule has 26 heavy (non-hydrogen) atoms. The lowest BCUT2D eigenvalue weighted by Crippen LogP contribution is -1.84. The molecule has 0 aliphatic rings. The van der Waals surface area contributed by atoms with Crippen LogP contribution in [0.15, 0.2) is 84.9 Å². The highest BCUT2D eigenvalue weighted by molar-refractivity contribution is 7.97. The summed E-state index contributed by atoms with van der Waals surface area (Å²) in [5.74, 6) is 0. The van der Waals surface area contributed by atoms with Crippen LogP contribution in [-0.2, 0) is 0 Å². The molecule has 0 N–H and O–H groups in total. The predicted molar refractivity (Wildman–Crippen MR) is 116 cm³/mol. The number of hydrogen-bond acceptors (Lipinski definition) is 2. The molecule has 0 aliphatic heterocycles. The molecule has 3 aromatic rings. The van der Waals surface area contributed by atoms with Crippen molar-refractivity contribution in [3.63, 3.8) is 0 Å². The molecule has 3 aromatic carbocycles. The molecule has 0 atom stereocenters. The Morgan fingerprint density at radius 1 is 0.692 bits per heavy atom. The van der Waals surface area contributed by atoms with Crippen LogP contribution in [0.1, 0.15) is 26.3 Å². The number of hydrogen-bond donors (Lipinski definition) is 2. The summed E-state index contributed by atoms with van der Waals surface area (Å²) in [5.41, 5.74) is 2.49. The highest BCUT2D eigenvalue weighted by atomic mass is 35.5. The summed E-state index contributed by atoms with van der Waals surface area (Å²) < 4.78 is 0. The van der Waals surface area contributed by atoms with E-state index in [9.17, 15) is 9.59 Å². The first kappa shape index (κ1) is 22.0. The second-order valence-corrected chi connectivity index (χ2v) is 6.39. The normalized spacial score (nSPS) is 9.08. The van der Waals surface area contributed by atoms with Crippen molar-refractivity contribution in [3.8, 4) is 0 Å². The predicted octanol–water partition coefficient (Wildman–Crippen LogP) is 6.16. The summed E-state index contributed by atoms with van der Waals surface area (Å²) in [6.07, 6.45) is 0. The van der Waals surface area contributed by atoms with E-state index in [1.54, 1.807) is 24.3 Å². The smallest absolute Gasteiger partial charge is 0.216 e. The molecule has 0 radical (unpaired) electrons. The quantitative estimate of drug-likeness (QED) is 0.503. The van der Waals surface area contributed by atoms with E-state index in [1.807, 2.05) is 67.6 Å². The molecule has 5 heteroatoms. The fraction of sp³-hybridized carbons (Fsp3) is 0.0476. The van der Waals surface area contributed by atoms with E-state index in [0.717, 1.165) is 5.02 Å². The molecule has 0 aromatic heterocycles. The molecule has 0 saturated heterocycles. The Balaban J connectivity index is 0.000000195. The van der Waals surface area contributed by atoms with Crippen LogP contribution >= 0.6 is 36.9 Å². The van der Waals surface area contributed by atoms with Crippen molar-refractivity contribution in [2.75, 3.05) is 0 Å². The van der Waals surface area contributed by atoms with Gasteiger partial charge >= 0.3 is 0 Å². The molecule has 0 amide bonds. The number of benzene rings is 3. The van der Waals surface area contributed by atoms with Crippen LogP contribution in [0.5, 0.6) is 0 Å². The van der Waals surface area contributed by atoms with Gasteiger partial charge in [-0.1, -0.05) is 84.4 Å². The first-order chi connectivity index (χ1) is 12.4. The minimum Gasteiger partial charge on any atom is -0.282 e. The molecule has 134 valence electrons. The van der Waals surface area contributed by atoms with Gasteiger partial charge in [-0.2, -0.15) is 0 Å². The van der Waals surface area contributed by atoms with Gasteiger partial charge in [-0.3, -0.25) is 9.59 Å². The number of thiol groups is 2. The first-order valence-electron chi connectivity index (χ1n) is 7.69. The van der Waals surface area contributed by atoms with E-state index in [1.165, 1.54) is 5.56 Å². The number of halogens is 1. The average Bonchev–Trinajstić information content (AvgIpc) is 2.64. The Morgan fingerprint density at radius 3 is 1.35 bits per heavy atom. The van der Waals surface area contributed by atoms with Gasteiger partial charge in [0.2, 0.25) is 10.2 Å². The number of carbonyl (C=O) groups is 2. The summed E-state index contributed by atoms with van der Waals surface area (Å²) in [4.78, 5) is 21.0. The maximum Gasteiger partial charge on any atom is 0.216 e. The highest BCUT2D eigenvalue weighted by Crippen LogP contribution is 2.08. The minimum absolute atomic E-state index is 0.185. The van der Waals surface area contributed by atoms with Crippen molar-refractivity contribution < 1.29 is 9.59 Å². The Bertz CT molecular complexity index is 755. The lowest BCUT2D eigenvalue weighted by molar-refractivity contribution is 0.108. The number of rotatable bonds is 2. The molecule has 0 bridgehead atoms. The van der Waals surface area contributed by atoms with E-state index in [0.29, 0.717) is 11.1 Å². The summed E-state index contributed by atoms with van der Waals surface area (Å²) >= 11 is 12.9. The van der Waals surface area contributed by atoms with Crippen molar-refractivity contribution in [1.82, 2.24) is 0 Å². The van der Waals surface area contributed by atoms with Gasteiger partial charge in [0.25, 0.3) is 0 Å². The molecular weight excluding hydrogens is 384 g/mol. The molecular formula is C21H19ClO2S2. The molecule has 0 saturated carbocycles. The zero-order valence-electron chi connectivity index (χ0n) is 14.2. The van der Waals surface area contributed by atoms with Gasteiger partial charge in [0.1, 0.15) is 0 Å². The van der Waals surface area contributed by atoms with Gasteiger partial charge in [0.15, 0.2) is 0 Å². The van der Waals surface area contributed by atoms with Crippen LogP contribution in [-0.4, -0.2) is 10.2 Å². The maximum atomic E-state index is 10.5. The molecule has 0 aliphatic carbocycles. The van der Waals surface area contributed by atoms with Crippen LogP contribution in [0, 0.1) is 6.92 Å². The SMILES string of the molecule is Cc1cccc(Cl)c1.O=C(S)c1ccccc1.O=C(S)c1ccccc1. The van der Waals surface area contributed by atoms with E-state index in [4.69, 9.17) is 11.6 Å². The Hall–Kier alpha value is -2.01. The van der Waals surface area contributed by atoms with Crippen molar-refractivity contribution in [2.24, 2.45) is 0 Å². The van der Waals surface area contributed by atoms with E-state index in [-0.39, 0.29) is 10.2 Å². The Kier molecular flexibility index (Phi) is 10.5. The van der Waals surface area contributed by atoms with Crippen LogP contribution in [0.2, 0.25) is 5.02 Å². The van der Waals surface area contributed by atoms with Gasteiger partial charge in [0, 0.05) is 16.1 Å². The van der Waals surface area contributed by atoms with Crippen molar-refractivity contribution in [3.05, 3.63) is 107 Å². The fourth-order valence-electron chi connectivity index (χ4n) is 1.77. The van der Waals surface area contributed by atoms with Gasteiger partial charge in [0.05, 0.1) is 0 Å². The lowest BCUT2D eigenvalue weighted by atomic mass is 10.2. The van der Waals surface area contributed by atoms with Gasteiger partial charge in [-0.15, -0.1) is 25.3 Å². The molecule has 0 unspecified atom stereocenters. The number of aryl methyl sites for hydroxylation is 1. The van der Waals surface area contributed by atoms with E-state index in [2.05, 4.69) is 25.3 Å². The van der Waals surface area contributed by atoms with Crippen LogP contribution in [0.25, 0.3) is 0 Å². The molecule has 0 heterocycles. The monoisotopic (exact) mass is 402 g/mol. The third kappa shape index (κ3) is 9.47. The van der Waals surface area contributed by atoms with E-state index >= 15 is 0 Å². The summed E-state index contributed by atoms with van der Waals surface area (Å²) in [6.45, 7) is 2.02. The zero-order chi connectivity index (χ0) is 19.4. The Morgan fingerprint density at radius 2 is 1.12 bits per heavy atom. The molecule has 0 fully saturated rings.